The molecule has 0 saturated carbocycles. The zero-order valence-electron chi connectivity index (χ0n) is 14.2. The Morgan fingerprint density at radius 3 is 2.56 bits per heavy atom. The molecule has 0 spiro atoms. The number of carbonyl (C=O) groups excluding carboxylic acids is 1. The van der Waals surface area contributed by atoms with Crippen molar-refractivity contribution in [2.75, 3.05) is 11.9 Å². The van der Waals surface area contributed by atoms with E-state index in [9.17, 15) is 15.0 Å². The number of hydrogen-bond acceptors (Lipinski definition) is 4. The monoisotopic (exact) mass is 455 g/mol. The van der Waals surface area contributed by atoms with Gasteiger partial charge in [-0.25, -0.2) is 4.79 Å². The van der Waals surface area contributed by atoms with Gasteiger partial charge in [-0.15, -0.1) is 0 Å². The van der Waals surface area contributed by atoms with Gasteiger partial charge in [-0.1, -0.05) is 24.6 Å². The van der Waals surface area contributed by atoms with E-state index in [2.05, 4.69) is 27.9 Å². The average molecular weight is 455 g/mol. The van der Waals surface area contributed by atoms with Crippen LogP contribution >= 0.6 is 22.6 Å². The molecule has 1 amide bonds. The van der Waals surface area contributed by atoms with Crippen molar-refractivity contribution in [3.63, 3.8) is 0 Å². The van der Waals surface area contributed by atoms with Gasteiger partial charge in [-0.3, -0.25) is 5.32 Å². The lowest BCUT2D eigenvalue weighted by Gasteiger charge is -2.25. The van der Waals surface area contributed by atoms with Crippen molar-refractivity contribution in [1.29, 1.82) is 0 Å². The highest BCUT2D eigenvalue weighted by Gasteiger charge is 2.26. The summed E-state index contributed by atoms with van der Waals surface area (Å²) in [7, 11) is 0. The van der Waals surface area contributed by atoms with E-state index >= 15 is 0 Å². The van der Waals surface area contributed by atoms with Gasteiger partial charge in [-0.2, -0.15) is 0 Å². The first-order valence-electron chi connectivity index (χ1n) is 8.04. The maximum Gasteiger partial charge on any atom is 0.412 e. The van der Waals surface area contributed by atoms with E-state index in [1.165, 1.54) is 0 Å². The number of hydrogen-bond donors (Lipinski definition) is 3. The number of aliphatic hydroxyl groups is 1. The highest BCUT2D eigenvalue weighted by Crippen LogP contribution is 2.35. The summed E-state index contributed by atoms with van der Waals surface area (Å²) in [4.78, 5) is 12.3. The minimum Gasteiger partial charge on any atom is -0.508 e. The second-order valence-electron chi connectivity index (χ2n) is 6.01. The third-order valence-electron chi connectivity index (χ3n) is 3.93. The molecule has 0 fully saturated rings. The molecule has 0 unspecified atom stereocenters. The lowest BCUT2D eigenvalue weighted by Crippen LogP contribution is -2.22. The van der Waals surface area contributed by atoms with Crippen LogP contribution < -0.4 is 5.32 Å². The molecule has 6 heteroatoms. The Hall–Kier alpha value is -1.80. The normalized spacial score (nSPS) is 13.1. The summed E-state index contributed by atoms with van der Waals surface area (Å²) >= 11 is 2.14. The number of aryl methyl sites for hydroxylation is 1. The van der Waals surface area contributed by atoms with Crippen LogP contribution in [-0.4, -0.2) is 22.9 Å². The van der Waals surface area contributed by atoms with Gasteiger partial charge in [0.15, 0.2) is 0 Å². The van der Waals surface area contributed by atoms with Gasteiger partial charge in [0.2, 0.25) is 0 Å². The van der Waals surface area contributed by atoms with Gasteiger partial charge in [0, 0.05) is 21.4 Å². The van der Waals surface area contributed by atoms with Crippen molar-refractivity contribution in [1.82, 2.24) is 0 Å². The summed E-state index contributed by atoms with van der Waals surface area (Å²) < 4.78 is 6.52. The molecular weight excluding hydrogens is 433 g/mol. The van der Waals surface area contributed by atoms with Crippen LogP contribution in [0.4, 0.5) is 10.5 Å². The molecule has 3 N–H and O–H groups in total. The number of benzene rings is 2. The standard InChI is InChI=1S/C19H22INO4/c1-12-3-6-15(7-4-12)21-19(24)25-18(13(2)9-10-22)16-11-14(20)5-8-17(16)23/h3-8,11,13,18,22-23H,9-10H2,1-2H3,(H,21,24)/t13-,18-/m1/s1. The van der Waals surface area contributed by atoms with Gasteiger partial charge in [0.1, 0.15) is 11.9 Å². The molecule has 0 aliphatic rings. The fourth-order valence-electron chi connectivity index (χ4n) is 2.49. The van der Waals surface area contributed by atoms with E-state index in [-0.39, 0.29) is 18.3 Å². The van der Waals surface area contributed by atoms with Crippen molar-refractivity contribution in [2.45, 2.75) is 26.4 Å². The van der Waals surface area contributed by atoms with Crippen LogP contribution in [0.25, 0.3) is 0 Å². The van der Waals surface area contributed by atoms with E-state index in [4.69, 9.17) is 4.74 Å². The number of halogens is 1. The van der Waals surface area contributed by atoms with Gasteiger partial charge in [-0.05, 0) is 72.2 Å². The van der Waals surface area contributed by atoms with Crippen molar-refractivity contribution >= 4 is 34.4 Å². The Morgan fingerprint density at radius 2 is 1.92 bits per heavy atom. The van der Waals surface area contributed by atoms with Crippen molar-refractivity contribution in [3.05, 3.63) is 57.2 Å². The number of amides is 1. The first kappa shape index (κ1) is 19.5. The van der Waals surface area contributed by atoms with Gasteiger partial charge in [0.25, 0.3) is 0 Å². The molecule has 2 aromatic carbocycles. The van der Waals surface area contributed by atoms with Gasteiger partial charge >= 0.3 is 6.09 Å². The molecule has 2 aromatic rings. The number of rotatable bonds is 6. The third-order valence-corrected chi connectivity index (χ3v) is 4.60. The molecule has 0 radical (unpaired) electrons. The SMILES string of the molecule is Cc1ccc(NC(=O)O[C@@H](c2cc(I)ccc2O)[C@H](C)CCO)cc1. The zero-order chi connectivity index (χ0) is 18.4. The predicted molar refractivity (Wildman–Crippen MR) is 106 cm³/mol. The third kappa shape index (κ3) is 5.61. The Bertz CT molecular complexity index is 718. The van der Waals surface area contributed by atoms with Crippen molar-refractivity contribution in [3.8, 4) is 5.75 Å². The molecule has 0 aromatic heterocycles. The molecule has 0 heterocycles. The van der Waals surface area contributed by atoms with Crippen LogP contribution in [0, 0.1) is 16.4 Å². The average Bonchev–Trinajstić information content (AvgIpc) is 2.57. The number of phenolic OH excluding ortho intramolecular Hbond substituents is 1. The second-order valence-corrected chi connectivity index (χ2v) is 7.26. The van der Waals surface area contributed by atoms with E-state index in [1.807, 2.05) is 26.0 Å². The minimum atomic E-state index is -0.660. The summed E-state index contributed by atoms with van der Waals surface area (Å²) in [6, 6.07) is 12.5. The Balaban J connectivity index is 2.19. The molecule has 2 rings (SSSR count). The predicted octanol–water partition coefficient (Wildman–Crippen LogP) is 4.61. The molecule has 25 heavy (non-hydrogen) atoms. The van der Waals surface area contributed by atoms with Gasteiger partial charge in [0.05, 0.1) is 0 Å². The molecule has 2 atom stereocenters. The molecule has 0 bridgehead atoms. The van der Waals surface area contributed by atoms with Crippen LogP contribution in [0.1, 0.15) is 30.6 Å². The number of anilines is 1. The van der Waals surface area contributed by atoms with E-state index in [0.717, 1.165) is 9.13 Å². The topological polar surface area (TPSA) is 78.8 Å². The summed E-state index contributed by atoms with van der Waals surface area (Å²) in [5.74, 6) is -0.0868. The number of ether oxygens (including phenoxy) is 1. The summed E-state index contributed by atoms with van der Waals surface area (Å²) in [5, 5.41) is 22.1. The number of carbonyl (C=O) groups is 1. The maximum absolute atomic E-state index is 12.3. The highest BCUT2D eigenvalue weighted by atomic mass is 127. The maximum atomic E-state index is 12.3. The highest BCUT2D eigenvalue weighted by molar-refractivity contribution is 14.1. The fraction of sp³-hybridized carbons (Fsp3) is 0.316. The number of aromatic hydroxyl groups is 1. The van der Waals surface area contributed by atoms with Crippen LogP contribution in [0.3, 0.4) is 0 Å². The Morgan fingerprint density at radius 1 is 1.24 bits per heavy atom. The molecule has 0 aliphatic carbocycles. The number of phenols is 1. The molecule has 0 saturated heterocycles. The van der Waals surface area contributed by atoms with E-state index < -0.39 is 12.2 Å². The van der Waals surface area contributed by atoms with Crippen molar-refractivity contribution in [2.24, 2.45) is 5.92 Å². The second kappa shape index (κ2) is 9.05. The molecule has 5 nitrogen and oxygen atoms in total. The quantitative estimate of drug-likeness (QED) is 0.556. The molecule has 0 aliphatic heterocycles. The zero-order valence-corrected chi connectivity index (χ0v) is 16.4. The van der Waals surface area contributed by atoms with Crippen LogP contribution in [0.2, 0.25) is 0 Å². The van der Waals surface area contributed by atoms with E-state index in [1.54, 1.807) is 30.3 Å². The number of nitrogens with one attached hydrogen (secondary N) is 1. The molecular formula is C19H22INO4. The largest absolute Gasteiger partial charge is 0.508 e. The molecule has 134 valence electrons. The Kier molecular flexibility index (Phi) is 7.07. The lowest BCUT2D eigenvalue weighted by atomic mass is 9.94. The fourth-order valence-corrected chi connectivity index (χ4v) is 3.01. The van der Waals surface area contributed by atoms with Crippen LogP contribution in [-0.2, 0) is 4.74 Å². The smallest absolute Gasteiger partial charge is 0.412 e. The van der Waals surface area contributed by atoms with Crippen molar-refractivity contribution < 1.29 is 19.7 Å². The van der Waals surface area contributed by atoms with Gasteiger partial charge < -0.3 is 14.9 Å². The first-order chi connectivity index (χ1) is 11.9. The summed E-state index contributed by atoms with van der Waals surface area (Å²) in [6.07, 6.45) is -0.808. The minimum absolute atomic E-state index is 0.0225. The summed E-state index contributed by atoms with van der Waals surface area (Å²) in [6.45, 7) is 3.82. The summed E-state index contributed by atoms with van der Waals surface area (Å²) in [5.41, 5.74) is 2.26. The van der Waals surface area contributed by atoms with Crippen LogP contribution in [0.5, 0.6) is 5.75 Å². The number of aliphatic hydroxyl groups excluding tert-OH is 1. The lowest BCUT2D eigenvalue weighted by molar-refractivity contribution is 0.0652. The first-order valence-corrected chi connectivity index (χ1v) is 9.12. The van der Waals surface area contributed by atoms with Crippen LogP contribution in [0.15, 0.2) is 42.5 Å². The van der Waals surface area contributed by atoms with E-state index in [0.29, 0.717) is 17.7 Å². The Labute approximate surface area is 161 Å².